The molecule has 0 bridgehead atoms. The van der Waals surface area contributed by atoms with Crippen molar-refractivity contribution >= 4 is 12.1 Å². The summed E-state index contributed by atoms with van der Waals surface area (Å²) in [6, 6.07) is 7.29. The summed E-state index contributed by atoms with van der Waals surface area (Å²) in [5, 5.41) is 9.62. The average Bonchev–Trinajstić information content (AvgIpc) is 2.87. The van der Waals surface area contributed by atoms with Crippen LogP contribution in [0.4, 0.5) is 4.79 Å². The van der Waals surface area contributed by atoms with E-state index in [1.807, 2.05) is 30.6 Å². The van der Waals surface area contributed by atoms with Crippen LogP contribution < -0.4 is 5.73 Å². The third-order valence-electron chi connectivity index (χ3n) is 3.26. The molecule has 0 radical (unpaired) electrons. The third-order valence-corrected chi connectivity index (χ3v) is 3.26. The van der Waals surface area contributed by atoms with Gasteiger partial charge in [0.15, 0.2) is 0 Å². The molecule has 0 saturated heterocycles. The molecule has 0 aliphatic carbocycles. The van der Waals surface area contributed by atoms with Crippen LogP contribution in [0, 0.1) is 13.8 Å². The number of hydrogen-bond acceptors (Lipinski definition) is 2. The van der Waals surface area contributed by atoms with Crippen LogP contribution in [-0.2, 0) is 0 Å². The molecule has 0 aliphatic heterocycles. The van der Waals surface area contributed by atoms with Gasteiger partial charge in [0.05, 0.1) is 12.2 Å². The van der Waals surface area contributed by atoms with Crippen molar-refractivity contribution in [1.82, 2.24) is 9.63 Å². The number of nitrogens with two attached hydrogens (primary N) is 1. The molecule has 0 fully saturated rings. The van der Waals surface area contributed by atoms with Crippen LogP contribution in [0.15, 0.2) is 42.7 Å². The molecule has 1 heterocycles. The maximum absolute atomic E-state index is 10.7. The Kier molecular flexibility index (Phi) is 4.45. The molecule has 5 nitrogen and oxygen atoms in total. The lowest BCUT2D eigenvalue weighted by Crippen LogP contribution is -2.32. The van der Waals surface area contributed by atoms with Gasteiger partial charge in [-0.25, -0.2) is 9.86 Å². The molecule has 0 aliphatic rings. The van der Waals surface area contributed by atoms with E-state index in [-0.39, 0.29) is 6.54 Å². The molecule has 2 aromatic rings. The largest absolute Gasteiger partial charge is 0.350 e. The number of hydroxylamine groups is 2. The third kappa shape index (κ3) is 3.52. The zero-order valence-corrected chi connectivity index (χ0v) is 12.2. The quantitative estimate of drug-likeness (QED) is 0.669. The minimum absolute atomic E-state index is 0.0594. The summed E-state index contributed by atoms with van der Waals surface area (Å²) in [6.07, 6.45) is 7.49. The predicted molar refractivity (Wildman–Crippen MR) is 82.4 cm³/mol. The van der Waals surface area contributed by atoms with Crippen LogP contribution in [0.1, 0.15) is 16.7 Å². The highest BCUT2D eigenvalue weighted by Gasteiger charge is 2.05. The summed E-state index contributed by atoms with van der Waals surface area (Å²) >= 11 is 0. The second-order valence-electron chi connectivity index (χ2n) is 4.92. The number of rotatable bonds is 4. The number of carbonyl (C=O) groups is 1. The topological polar surface area (TPSA) is 71.5 Å². The molecule has 5 heteroatoms. The van der Waals surface area contributed by atoms with E-state index in [9.17, 15) is 4.79 Å². The molecule has 0 saturated carbocycles. The maximum atomic E-state index is 10.7. The molecular weight excluding hydrogens is 266 g/mol. The van der Waals surface area contributed by atoms with E-state index in [0.29, 0.717) is 5.06 Å². The molecule has 0 unspecified atom stereocenters. The summed E-state index contributed by atoms with van der Waals surface area (Å²) in [4.78, 5) is 10.7. The van der Waals surface area contributed by atoms with Gasteiger partial charge in [0.2, 0.25) is 0 Å². The first-order valence-electron chi connectivity index (χ1n) is 6.66. The number of nitrogens with zero attached hydrogens (tertiary/aromatic N) is 2. The van der Waals surface area contributed by atoms with Gasteiger partial charge in [-0.1, -0.05) is 30.4 Å². The van der Waals surface area contributed by atoms with Crippen LogP contribution in [0.3, 0.4) is 0 Å². The maximum Gasteiger partial charge on any atom is 0.338 e. The molecule has 21 heavy (non-hydrogen) atoms. The van der Waals surface area contributed by atoms with E-state index in [1.54, 1.807) is 6.08 Å². The van der Waals surface area contributed by atoms with Crippen molar-refractivity contribution in [3.63, 3.8) is 0 Å². The standard InChI is InChI=1S/C16H19N3O2/c1-12-5-3-6-13(2)15(12)18-10-8-14(11-18)7-4-9-19(21)16(17)20/h3-8,10-11,21H,9H2,1-2H3,(H2,17,20). The Morgan fingerprint density at radius 3 is 2.62 bits per heavy atom. The lowest BCUT2D eigenvalue weighted by molar-refractivity contribution is -0.0286. The zero-order chi connectivity index (χ0) is 15.4. The van der Waals surface area contributed by atoms with E-state index >= 15 is 0 Å². The highest BCUT2D eigenvalue weighted by atomic mass is 16.5. The van der Waals surface area contributed by atoms with Gasteiger partial charge < -0.3 is 10.3 Å². The number of aromatic nitrogens is 1. The van der Waals surface area contributed by atoms with Gasteiger partial charge in [-0.3, -0.25) is 5.21 Å². The first kappa shape index (κ1) is 14.9. The number of carbonyl (C=O) groups excluding carboxylic acids is 1. The number of para-hydroxylation sites is 1. The molecule has 1 aromatic heterocycles. The fourth-order valence-corrected chi connectivity index (χ4v) is 2.24. The summed E-state index contributed by atoms with van der Waals surface area (Å²) in [7, 11) is 0. The lowest BCUT2D eigenvalue weighted by atomic mass is 10.1. The molecule has 2 rings (SSSR count). The summed E-state index contributed by atoms with van der Waals surface area (Å²) in [6.45, 7) is 4.21. The van der Waals surface area contributed by atoms with Crippen LogP contribution in [0.25, 0.3) is 11.8 Å². The van der Waals surface area contributed by atoms with Crippen LogP contribution in [-0.4, -0.2) is 27.4 Å². The van der Waals surface area contributed by atoms with Crippen LogP contribution >= 0.6 is 0 Å². The van der Waals surface area contributed by atoms with Crippen molar-refractivity contribution in [1.29, 1.82) is 0 Å². The normalized spacial score (nSPS) is 11.0. The Morgan fingerprint density at radius 1 is 1.33 bits per heavy atom. The molecule has 110 valence electrons. The number of aryl methyl sites for hydroxylation is 2. The number of urea groups is 1. The van der Waals surface area contributed by atoms with Crippen molar-refractivity contribution < 1.29 is 10.0 Å². The molecule has 2 amide bonds. The Morgan fingerprint density at radius 2 is 2.00 bits per heavy atom. The smallest absolute Gasteiger partial charge is 0.338 e. The van der Waals surface area contributed by atoms with Crippen molar-refractivity contribution in [2.45, 2.75) is 13.8 Å². The van der Waals surface area contributed by atoms with Gasteiger partial charge >= 0.3 is 6.03 Å². The zero-order valence-electron chi connectivity index (χ0n) is 12.2. The van der Waals surface area contributed by atoms with Gasteiger partial charge in [-0.15, -0.1) is 0 Å². The van der Waals surface area contributed by atoms with Crippen molar-refractivity contribution in [3.8, 4) is 5.69 Å². The SMILES string of the molecule is Cc1cccc(C)c1-n1ccc(C=CCN(O)C(N)=O)c1. The number of hydrogen-bond donors (Lipinski definition) is 2. The van der Waals surface area contributed by atoms with Gasteiger partial charge in [0.25, 0.3) is 0 Å². The van der Waals surface area contributed by atoms with Crippen LogP contribution in [0.2, 0.25) is 0 Å². The summed E-state index contributed by atoms with van der Waals surface area (Å²) in [5.41, 5.74) is 9.48. The minimum Gasteiger partial charge on any atom is -0.350 e. The van der Waals surface area contributed by atoms with E-state index in [4.69, 9.17) is 10.9 Å². The Balaban J connectivity index is 2.15. The highest BCUT2D eigenvalue weighted by molar-refractivity contribution is 5.70. The van der Waals surface area contributed by atoms with Gasteiger partial charge in [-0.05, 0) is 36.6 Å². The fourth-order valence-electron chi connectivity index (χ4n) is 2.24. The first-order valence-corrected chi connectivity index (χ1v) is 6.66. The monoisotopic (exact) mass is 285 g/mol. The second-order valence-corrected chi connectivity index (χ2v) is 4.92. The molecule has 3 N–H and O–H groups in total. The van der Waals surface area contributed by atoms with E-state index < -0.39 is 6.03 Å². The van der Waals surface area contributed by atoms with Gasteiger partial charge in [-0.2, -0.15) is 0 Å². The molecule has 1 aromatic carbocycles. The van der Waals surface area contributed by atoms with E-state index in [2.05, 4.69) is 30.5 Å². The van der Waals surface area contributed by atoms with Crippen molar-refractivity contribution in [3.05, 3.63) is 59.4 Å². The fraction of sp³-hybridized carbons (Fsp3) is 0.188. The van der Waals surface area contributed by atoms with Gasteiger partial charge in [0, 0.05) is 12.4 Å². The molecule has 0 spiro atoms. The van der Waals surface area contributed by atoms with Gasteiger partial charge in [0.1, 0.15) is 0 Å². The Labute approximate surface area is 123 Å². The predicted octanol–water partition coefficient (Wildman–Crippen LogP) is 2.88. The lowest BCUT2D eigenvalue weighted by Gasteiger charge is -2.10. The van der Waals surface area contributed by atoms with Crippen molar-refractivity contribution in [2.75, 3.05) is 6.54 Å². The summed E-state index contributed by atoms with van der Waals surface area (Å²) in [5.74, 6) is 0. The number of amides is 2. The average molecular weight is 285 g/mol. The van der Waals surface area contributed by atoms with E-state index in [1.165, 1.54) is 11.1 Å². The molecule has 0 atom stereocenters. The minimum atomic E-state index is -0.868. The highest BCUT2D eigenvalue weighted by Crippen LogP contribution is 2.20. The second kappa shape index (κ2) is 6.28. The van der Waals surface area contributed by atoms with E-state index in [0.717, 1.165) is 11.3 Å². The first-order chi connectivity index (χ1) is 9.99. The summed E-state index contributed by atoms with van der Waals surface area (Å²) < 4.78 is 2.06. The number of benzene rings is 1. The number of primary amides is 1. The van der Waals surface area contributed by atoms with Crippen molar-refractivity contribution in [2.24, 2.45) is 5.73 Å². The molecular formula is C16H19N3O2. The Hall–Kier alpha value is -2.53. The Bertz CT molecular complexity index is 654. The van der Waals surface area contributed by atoms with Crippen LogP contribution in [0.5, 0.6) is 0 Å².